The van der Waals surface area contributed by atoms with E-state index in [2.05, 4.69) is 27.7 Å². The Labute approximate surface area is 99.7 Å². The molecule has 0 fully saturated rings. The van der Waals surface area contributed by atoms with Crippen LogP contribution in [0.5, 0.6) is 0 Å². The molecule has 0 saturated carbocycles. The molecule has 0 bridgehead atoms. The number of carbonyl (C=O) groups excluding carboxylic acids is 1. The molecule has 0 spiro atoms. The lowest BCUT2D eigenvalue weighted by Gasteiger charge is -2.32. The van der Waals surface area contributed by atoms with Crippen LogP contribution >= 0.6 is 0 Å². The molecule has 0 aromatic rings. The molecule has 1 atom stereocenters. The summed E-state index contributed by atoms with van der Waals surface area (Å²) >= 11 is 0. The van der Waals surface area contributed by atoms with Crippen LogP contribution in [0.15, 0.2) is 0 Å². The van der Waals surface area contributed by atoms with E-state index in [1.807, 2.05) is 6.92 Å². The van der Waals surface area contributed by atoms with Crippen molar-refractivity contribution in [3.63, 3.8) is 0 Å². The van der Waals surface area contributed by atoms with Crippen LogP contribution in [0.1, 0.15) is 47.5 Å². The molecule has 0 aliphatic heterocycles. The highest BCUT2D eigenvalue weighted by Gasteiger charge is 2.38. The Morgan fingerprint density at radius 2 is 1.88 bits per heavy atom. The van der Waals surface area contributed by atoms with Crippen LogP contribution in [0.4, 0.5) is 0 Å². The van der Waals surface area contributed by atoms with Gasteiger partial charge in [-0.25, -0.2) is 0 Å². The molecular formula is C13H27NO2. The minimum atomic E-state index is -0.372. The normalized spacial score (nSPS) is 15.2. The summed E-state index contributed by atoms with van der Waals surface area (Å²) < 4.78 is 5.29. The van der Waals surface area contributed by atoms with Gasteiger partial charge in [-0.15, -0.1) is 0 Å². The summed E-state index contributed by atoms with van der Waals surface area (Å²) in [5.41, 5.74) is 5.00. The van der Waals surface area contributed by atoms with Crippen LogP contribution in [-0.2, 0) is 9.53 Å². The first-order chi connectivity index (χ1) is 7.34. The summed E-state index contributed by atoms with van der Waals surface area (Å²) in [5.74, 6) is 0.708. The first-order valence-electron chi connectivity index (χ1n) is 6.22. The molecule has 2 N–H and O–H groups in total. The minimum Gasteiger partial charge on any atom is -0.465 e. The van der Waals surface area contributed by atoms with E-state index in [4.69, 9.17) is 10.5 Å². The smallest absolute Gasteiger partial charge is 0.312 e. The molecule has 0 saturated heterocycles. The SMILES string of the molecule is CC(C)CC(C)(C(=O)OCCCN)C(C)C. The predicted octanol–water partition coefficient (Wildman–Crippen LogP) is 2.59. The first-order valence-corrected chi connectivity index (χ1v) is 6.22. The van der Waals surface area contributed by atoms with Crippen molar-refractivity contribution >= 4 is 5.97 Å². The van der Waals surface area contributed by atoms with E-state index >= 15 is 0 Å². The van der Waals surface area contributed by atoms with Crippen LogP contribution in [0.3, 0.4) is 0 Å². The average molecular weight is 229 g/mol. The van der Waals surface area contributed by atoms with Gasteiger partial charge in [0.2, 0.25) is 0 Å². The van der Waals surface area contributed by atoms with Crippen molar-refractivity contribution in [1.82, 2.24) is 0 Å². The van der Waals surface area contributed by atoms with E-state index in [-0.39, 0.29) is 11.4 Å². The number of nitrogens with two attached hydrogens (primary N) is 1. The van der Waals surface area contributed by atoms with Crippen LogP contribution in [0.25, 0.3) is 0 Å². The van der Waals surface area contributed by atoms with Gasteiger partial charge in [0.05, 0.1) is 12.0 Å². The second-order valence-corrected chi connectivity index (χ2v) is 5.45. The highest BCUT2D eigenvalue weighted by molar-refractivity contribution is 5.76. The number of ether oxygens (including phenoxy) is 1. The maximum atomic E-state index is 12.1. The summed E-state index contributed by atoms with van der Waals surface area (Å²) in [6.07, 6.45) is 1.60. The van der Waals surface area contributed by atoms with Gasteiger partial charge >= 0.3 is 5.97 Å². The maximum Gasteiger partial charge on any atom is 0.312 e. The molecule has 96 valence electrons. The summed E-state index contributed by atoms with van der Waals surface area (Å²) in [7, 11) is 0. The van der Waals surface area contributed by atoms with E-state index in [1.165, 1.54) is 0 Å². The zero-order valence-corrected chi connectivity index (χ0v) is 11.4. The minimum absolute atomic E-state index is 0.0790. The van der Waals surface area contributed by atoms with Crippen LogP contribution in [-0.4, -0.2) is 19.1 Å². The third-order valence-corrected chi connectivity index (χ3v) is 3.15. The third kappa shape index (κ3) is 4.52. The zero-order chi connectivity index (χ0) is 12.8. The molecular weight excluding hydrogens is 202 g/mol. The van der Waals surface area contributed by atoms with Crippen molar-refractivity contribution in [3.8, 4) is 0 Å². The number of hydrogen-bond donors (Lipinski definition) is 1. The monoisotopic (exact) mass is 229 g/mol. The van der Waals surface area contributed by atoms with Crippen molar-refractivity contribution in [2.24, 2.45) is 23.0 Å². The van der Waals surface area contributed by atoms with Gasteiger partial charge in [-0.05, 0) is 38.1 Å². The Hall–Kier alpha value is -0.570. The fraction of sp³-hybridized carbons (Fsp3) is 0.923. The lowest BCUT2D eigenvalue weighted by atomic mass is 9.73. The fourth-order valence-electron chi connectivity index (χ4n) is 1.82. The lowest BCUT2D eigenvalue weighted by molar-refractivity contribution is -0.159. The Bertz CT molecular complexity index is 214. The third-order valence-electron chi connectivity index (χ3n) is 3.15. The van der Waals surface area contributed by atoms with Crippen molar-refractivity contribution in [2.45, 2.75) is 47.5 Å². The number of esters is 1. The van der Waals surface area contributed by atoms with Gasteiger partial charge in [0, 0.05) is 0 Å². The molecule has 0 aliphatic rings. The molecule has 0 amide bonds. The Balaban J connectivity index is 4.45. The molecule has 0 aliphatic carbocycles. The maximum absolute atomic E-state index is 12.1. The van der Waals surface area contributed by atoms with E-state index < -0.39 is 0 Å². The van der Waals surface area contributed by atoms with Gasteiger partial charge in [-0.1, -0.05) is 27.7 Å². The van der Waals surface area contributed by atoms with Gasteiger partial charge < -0.3 is 10.5 Å². The highest BCUT2D eigenvalue weighted by Crippen LogP contribution is 2.35. The topological polar surface area (TPSA) is 52.3 Å². The van der Waals surface area contributed by atoms with Gasteiger partial charge in [0.25, 0.3) is 0 Å². The fourth-order valence-corrected chi connectivity index (χ4v) is 1.82. The van der Waals surface area contributed by atoms with Crippen LogP contribution in [0.2, 0.25) is 0 Å². The van der Waals surface area contributed by atoms with Gasteiger partial charge in [0.1, 0.15) is 0 Å². The molecule has 3 nitrogen and oxygen atoms in total. The van der Waals surface area contributed by atoms with Gasteiger partial charge in [-0.3, -0.25) is 4.79 Å². The van der Waals surface area contributed by atoms with E-state index in [9.17, 15) is 4.79 Å². The second kappa shape index (κ2) is 6.89. The van der Waals surface area contributed by atoms with E-state index in [0.717, 1.165) is 12.8 Å². The molecule has 1 unspecified atom stereocenters. The van der Waals surface area contributed by atoms with Crippen molar-refractivity contribution in [3.05, 3.63) is 0 Å². The van der Waals surface area contributed by atoms with Crippen LogP contribution in [0, 0.1) is 17.3 Å². The molecule has 0 aromatic heterocycles. The van der Waals surface area contributed by atoms with Crippen LogP contribution < -0.4 is 5.73 Å². The van der Waals surface area contributed by atoms with Crippen molar-refractivity contribution in [2.75, 3.05) is 13.2 Å². The number of rotatable bonds is 7. The molecule has 0 radical (unpaired) electrons. The average Bonchev–Trinajstić information content (AvgIpc) is 2.16. The largest absolute Gasteiger partial charge is 0.465 e. The molecule has 0 heterocycles. The molecule has 16 heavy (non-hydrogen) atoms. The summed E-state index contributed by atoms with van der Waals surface area (Å²) in [5, 5.41) is 0. The summed E-state index contributed by atoms with van der Waals surface area (Å²) in [6.45, 7) is 11.4. The molecule has 0 aromatic carbocycles. The number of carbonyl (C=O) groups is 1. The van der Waals surface area contributed by atoms with E-state index in [0.29, 0.717) is 25.0 Å². The summed E-state index contributed by atoms with van der Waals surface area (Å²) in [4.78, 5) is 12.1. The molecule has 3 heteroatoms. The summed E-state index contributed by atoms with van der Waals surface area (Å²) in [6, 6.07) is 0. The standard InChI is InChI=1S/C13H27NO2/c1-10(2)9-13(5,11(3)4)12(15)16-8-6-7-14/h10-11H,6-9,14H2,1-5H3. The van der Waals surface area contributed by atoms with Gasteiger partial charge in [-0.2, -0.15) is 0 Å². The Morgan fingerprint density at radius 3 is 2.25 bits per heavy atom. The van der Waals surface area contributed by atoms with Crippen molar-refractivity contribution in [1.29, 1.82) is 0 Å². The quantitative estimate of drug-likeness (QED) is 0.539. The lowest BCUT2D eigenvalue weighted by Crippen LogP contribution is -2.36. The zero-order valence-electron chi connectivity index (χ0n) is 11.4. The predicted molar refractivity (Wildman–Crippen MR) is 67.0 cm³/mol. The Kier molecular flexibility index (Phi) is 6.65. The van der Waals surface area contributed by atoms with Crippen molar-refractivity contribution < 1.29 is 9.53 Å². The second-order valence-electron chi connectivity index (χ2n) is 5.45. The molecule has 0 rings (SSSR count). The first kappa shape index (κ1) is 15.4. The van der Waals surface area contributed by atoms with E-state index in [1.54, 1.807) is 0 Å². The van der Waals surface area contributed by atoms with Gasteiger partial charge in [0.15, 0.2) is 0 Å². The number of hydrogen-bond acceptors (Lipinski definition) is 3. The Morgan fingerprint density at radius 1 is 1.31 bits per heavy atom. The highest BCUT2D eigenvalue weighted by atomic mass is 16.5.